The van der Waals surface area contributed by atoms with Gasteiger partial charge in [-0.3, -0.25) is 0 Å². The highest BCUT2D eigenvalue weighted by Gasteiger charge is 2.02. The Bertz CT molecular complexity index is 1230. The fraction of sp³-hybridized carbons (Fsp3) is 0.111. The highest BCUT2D eigenvalue weighted by molar-refractivity contribution is 5.84. The molecule has 0 amide bonds. The zero-order chi connectivity index (χ0) is 20.2. The molecule has 0 bridgehead atoms. The molecule has 1 aliphatic carbocycles. The van der Waals surface area contributed by atoms with E-state index in [2.05, 4.69) is 50.3 Å². The zero-order valence-corrected chi connectivity index (χ0v) is 16.7. The van der Waals surface area contributed by atoms with Gasteiger partial charge in [-0.2, -0.15) is 0 Å². The summed E-state index contributed by atoms with van der Waals surface area (Å²) < 4.78 is 5.77. The molecular formula is C27H24O2. The van der Waals surface area contributed by atoms with E-state index >= 15 is 0 Å². The minimum Gasteiger partial charge on any atom is -0.508 e. The van der Waals surface area contributed by atoms with Crippen molar-refractivity contribution in [1.29, 1.82) is 0 Å². The van der Waals surface area contributed by atoms with Crippen LogP contribution in [0.25, 0.3) is 22.4 Å². The van der Waals surface area contributed by atoms with Gasteiger partial charge in [-0.25, -0.2) is 0 Å². The van der Waals surface area contributed by atoms with E-state index in [0.29, 0.717) is 12.4 Å². The molecule has 4 aromatic carbocycles. The number of rotatable bonds is 3. The number of hydrogen-bond acceptors (Lipinski definition) is 2. The molecule has 0 aliphatic heterocycles. The second-order valence-corrected chi connectivity index (χ2v) is 7.39. The van der Waals surface area contributed by atoms with Crippen LogP contribution in [0.3, 0.4) is 0 Å². The third-order valence-electron chi connectivity index (χ3n) is 5.05. The van der Waals surface area contributed by atoms with Crippen LogP contribution >= 0.6 is 0 Å². The molecule has 0 fully saturated rings. The third-order valence-corrected chi connectivity index (χ3v) is 5.05. The highest BCUT2D eigenvalue weighted by atomic mass is 16.5. The van der Waals surface area contributed by atoms with Gasteiger partial charge < -0.3 is 9.84 Å². The predicted octanol–water partition coefficient (Wildman–Crippen LogP) is 5.08. The summed E-state index contributed by atoms with van der Waals surface area (Å²) in [6, 6.07) is 28.1. The fourth-order valence-corrected chi connectivity index (χ4v) is 3.44. The highest BCUT2D eigenvalue weighted by Crippen LogP contribution is 2.20. The zero-order valence-electron chi connectivity index (χ0n) is 16.7. The lowest BCUT2D eigenvalue weighted by Gasteiger charge is -2.10. The molecule has 5 rings (SSSR count). The van der Waals surface area contributed by atoms with Crippen LogP contribution in [-0.4, -0.2) is 5.11 Å². The number of aromatic hydroxyl groups is 1. The number of hydrogen-bond donors (Lipinski definition) is 1. The van der Waals surface area contributed by atoms with Crippen molar-refractivity contribution in [3.63, 3.8) is 0 Å². The minimum absolute atomic E-state index is 0.325. The normalized spacial score (nSPS) is 11.6. The van der Waals surface area contributed by atoms with E-state index in [1.54, 1.807) is 12.1 Å². The second kappa shape index (κ2) is 8.24. The SMILES string of the molecule is CC1=c2ccc(OCc3ccccc3)cc2=C1.Cc1ccc2cc(O)ccc2c1. The summed E-state index contributed by atoms with van der Waals surface area (Å²) in [5.74, 6) is 1.27. The average Bonchev–Trinajstić information content (AvgIpc) is 2.73. The summed E-state index contributed by atoms with van der Waals surface area (Å²) in [5.41, 5.74) is 3.80. The molecule has 29 heavy (non-hydrogen) atoms. The van der Waals surface area contributed by atoms with Crippen LogP contribution in [0.15, 0.2) is 84.9 Å². The molecule has 0 spiro atoms. The maximum Gasteiger partial charge on any atom is 0.120 e. The molecule has 0 aromatic heterocycles. The Morgan fingerprint density at radius 1 is 0.759 bits per heavy atom. The molecule has 0 atom stereocenters. The Morgan fingerprint density at radius 3 is 2.28 bits per heavy atom. The van der Waals surface area contributed by atoms with Gasteiger partial charge in [0, 0.05) is 0 Å². The number of benzene rings is 4. The molecular weight excluding hydrogens is 356 g/mol. The average molecular weight is 380 g/mol. The second-order valence-electron chi connectivity index (χ2n) is 7.39. The van der Waals surface area contributed by atoms with E-state index in [0.717, 1.165) is 11.1 Å². The lowest BCUT2D eigenvalue weighted by molar-refractivity contribution is 0.306. The lowest BCUT2D eigenvalue weighted by Crippen LogP contribution is -2.33. The van der Waals surface area contributed by atoms with Crippen molar-refractivity contribution >= 4 is 22.4 Å². The number of aryl methyl sites for hydroxylation is 1. The Hall–Kier alpha value is -3.52. The molecule has 1 N–H and O–H groups in total. The molecule has 0 saturated carbocycles. The summed E-state index contributed by atoms with van der Waals surface area (Å²) in [5, 5.41) is 14.1. The van der Waals surface area contributed by atoms with Gasteiger partial charge in [0.05, 0.1) is 0 Å². The van der Waals surface area contributed by atoms with Gasteiger partial charge in [-0.15, -0.1) is 0 Å². The first-order valence-electron chi connectivity index (χ1n) is 9.77. The minimum atomic E-state index is 0.325. The summed E-state index contributed by atoms with van der Waals surface area (Å²) >= 11 is 0. The largest absolute Gasteiger partial charge is 0.508 e. The molecule has 2 heteroatoms. The number of ether oxygens (including phenoxy) is 1. The summed E-state index contributed by atoms with van der Waals surface area (Å²) in [4.78, 5) is 0. The first kappa shape index (κ1) is 18.8. The van der Waals surface area contributed by atoms with E-state index in [1.165, 1.54) is 32.5 Å². The summed E-state index contributed by atoms with van der Waals surface area (Å²) in [7, 11) is 0. The molecule has 0 heterocycles. The third kappa shape index (κ3) is 4.49. The van der Waals surface area contributed by atoms with Crippen molar-refractivity contribution in [2.45, 2.75) is 20.5 Å². The molecule has 144 valence electrons. The van der Waals surface area contributed by atoms with Crippen molar-refractivity contribution in [3.8, 4) is 11.5 Å². The standard InChI is InChI=1S/C16H14O.C11H10O/c1-12-9-14-10-15(7-8-16(12)14)17-11-13-5-3-2-4-6-13;1-8-2-3-10-7-11(12)5-4-9(10)6-8/h2-10H,11H2,1H3;2-7,12H,1H3. The van der Waals surface area contributed by atoms with Gasteiger partial charge in [0.2, 0.25) is 0 Å². The van der Waals surface area contributed by atoms with Crippen molar-refractivity contribution in [2.75, 3.05) is 0 Å². The Labute approximate surface area is 171 Å². The molecule has 1 aliphatic rings. The van der Waals surface area contributed by atoms with E-state index in [-0.39, 0.29) is 0 Å². The van der Waals surface area contributed by atoms with E-state index in [4.69, 9.17) is 4.74 Å². The van der Waals surface area contributed by atoms with Gasteiger partial charge in [-0.05, 0) is 70.5 Å². The molecule has 4 aromatic rings. The van der Waals surface area contributed by atoms with Gasteiger partial charge in [0.25, 0.3) is 0 Å². The van der Waals surface area contributed by atoms with Gasteiger partial charge in [0.15, 0.2) is 0 Å². The molecule has 2 nitrogen and oxygen atoms in total. The monoisotopic (exact) mass is 380 g/mol. The van der Waals surface area contributed by atoms with Crippen LogP contribution in [0.5, 0.6) is 11.5 Å². The molecule has 0 radical (unpaired) electrons. The Balaban J connectivity index is 0.000000150. The number of fused-ring (bicyclic) bond motifs is 2. The smallest absolute Gasteiger partial charge is 0.120 e. The van der Waals surface area contributed by atoms with Crippen LogP contribution in [0.2, 0.25) is 0 Å². The summed E-state index contributed by atoms with van der Waals surface area (Å²) in [6.07, 6.45) is 2.19. The van der Waals surface area contributed by atoms with Crippen LogP contribution in [0.4, 0.5) is 0 Å². The Morgan fingerprint density at radius 2 is 1.52 bits per heavy atom. The topological polar surface area (TPSA) is 29.5 Å². The summed E-state index contributed by atoms with van der Waals surface area (Å²) in [6.45, 7) is 4.82. The van der Waals surface area contributed by atoms with E-state index < -0.39 is 0 Å². The van der Waals surface area contributed by atoms with Crippen molar-refractivity contribution in [3.05, 3.63) is 106 Å². The van der Waals surface area contributed by atoms with Crippen molar-refractivity contribution in [2.24, 2.45) is 0 Å². The quantitative estimate of drug-likeness (QED) is 0.537. The maximum absolute atomic E-state index is 9.20. The number of phenols is 1. The van der Waals surface area contributed by atoms with Crippen LogP contribution in [0, 0.1) is 6.92 Å². The maximum atomic E-state index is 9.20. The van der Waals surface area contributed by atoms with Crippen LogP contribution in [-0.2, 0) is 6.61 Å². The Kier molecular flexibility index (Phi) is 5.35. The van der Waals surface area contributed by atoms with Gasteiger partial charge in [0.1, 0.15) is 18.1 Å². The fourth-order valence-electron chi connectivity index (χ4n) is 3.44. The molecule has 0 unspecified atom stereocenters. The van der Waals surface area contributed by atoms with E-state index in [9.17, 15) is 5.11 Å². The lowest BCUT2D eigenvalue weighted by atomic mass is 10.0. The van der Waals surface area contributed by atoms with Crippen LogP contribution < -0.4 is 15.2 Å². The van der Waals surface area contributed by atoms with Crippen molar-refractivity contribution < 1.29 is 9.84 Å². The number of phenolic OH excluding ortho intramolecular Hbond substituents is 1. The van der Waals surface area contributed by atoms with Crippen molar-refractivity contribution in [1.82, 2.24) is 0 Å². The van der Waals surface area contributed by atoms with E-state index in [1.807, 2.05) is 42.5 Å². The first-order chi connectivity index (χ1) is 14.1. The molecule has 0 saturated heterocycles. The van der Waals surface area contributed by atoms with Gasteiger partial charge >= 0.3 is 0 Å². The van der Waals surface area contributed by atoms with Gasteiger partial charge in [-0.1, -0.05) is 72.3 Å². The predicted molar refractivity (Wildman–Crippen MR) is 120 cm³/mol. The van der Waals surface area contributed by atoms with Crippen LogP contribution in [0.1, 0.15) is 18.1 Å². The first-order valence-corrected chi connectivity index (χ1v) is 9.77.